The molecule has 0 aromatic heterocycles. The second-order valence-electron chi connectivity index (χ2n) is 3.22. The van der Waals surface area contributed by atoms with Crippen molar-refractivity contribution in [3.63, 3.8) is 0 Å². The van der Waals surface area contributed by atoms with Crippen LogP contribution in [0.2, 0.25) is 0 Å². The quantitative estimate of drug-likeness (QED) is 0.321. The minimum atomic E-state index is -0.0851. The first-order valence-corrected chi connectivity index (χ1v) is 4.76. The molecular formula is C8H17N5O. The number of rotatable bonds is 3. The summed E-state index contributed by atoms with van der Waals surface area (Å²) < 4.78 is 0. The molecule has 0 saturated carbocycles. The van der Waals surface area contributed by atoms with Crippen molar-refractivity contribution in [2.45, 2.75) is 6.42 Å². The summed E-state index contributed by atoms with van der Waals surface area (Å²) in [6, 6.07) is 0. The van der Waals surface area contributed by atoms with Crippen LogP contribution in [-0.2, 0) is 4.79 Å². The van der Waals surface area contributed by atoms with Crippen LogP contribution in [0.25, 0.3) is 0 Å². The Kier molecular flexibility index (Phi) is 4.18. The van der Waals surface area contributed by atoms with Crippen molar-refractivity contribution in [1.29, 1.82) is 5.41 Å². The van der Waals surface area contributed by atoms with E-state index in [0.29, 0.717) is 13.0 Å². The minimum absolute atomic E-state index is 0.0851. The summed E-state index contributed by atoms with van der Waals surface area (Å²) in [7, 11) is 0. The van der Waals surface area contributed by atoms with Gasteiger partial charge in [0.15, 0.2) is 5.96 Å². The van der Waals surface area contributed by atoms with Gasteiger partial charge >= 0.3 is 0 Å². The number of piperazine rings is 1. The van der Waals surface area contributed by atoms with Gasteiger partial charge in [0.25, 0.3) is 0 Å². The molecule has 14 heavy (non-hydrogen) atoms. The van der Waals surface area contributed by atoms with Crippen LogP contribution in [-0.4, -0.2) is 49.5 Å². The predicted octanol–water partition coefficient (Wildman–Crippen LogP) is -1.71. The first kappa shape index (κ1) is 10.8. The van der Waals surface area contributed by atoms with E-state index in [4.69, 9.17) is 11.1 Å². The van der Waals surface area contributed by atoms with E-state index in [1.807, 2.05) is 4.90 Å². The molecule has 0 atom stereocenters. The number of carbonyl (C=O) groups is 1. The number of amides is 1. The smallest absolute Gasteiger partial charge is 0.224 e. The van der Waals surface area contributed by atoms with Crippen molar-refractivity contribution in [2.75, 3.05) is 32.7 Å². The van der Waals surface area contributed by atoms with Crippen molar-refractivity contribution in [3.8, 4) is 0 Å². The lowest BCUT2D eigenvalue weighted by Crippen LogP contribution is -2.47. The van der Waals surface area contributed by atoms with Crippen LogP contribution in [0.1, 0.15) is 6.42 Å². The van der Waals surface area contributed by atoms with Gasteiger partial charge in [0.2, 0.25) is 5.91 Å². The fourth-order valence-corrected chi connectivity index (χ4v) is 1.38. The summed E-state index contributed by atoms with van der Waals surface area (Å²) in [6.07, 6.45) is 0.402. The lowest BCUT2D eigenvalue weighted by molar-refractivity contribution is -0.131. The Bertz CT molecular complexity index is 212. The summed E-state index contributed by atoms with van der Waals surface area (Å²) in [6.45, 7) is 3.73. The molecule has 0 aromatic rings. The third-order valence-electron chi connectivity index (χ3n) is 2.12. The minimum Gasteiger partial charge on any atom is -0.370 e. The topological polar surface area (TPSA) is 94.2 Å². The summed E-state index contributed by atoms with van der Waals surface area (Å²) in [5, 5.41) is 12.7. The highest BCUT2D eigenvalue weighted by atomic mass is 16.2. The second-order valence-corrected chi connectivity index (χ2v) is 3.22. The number of hydrogen-bond donors (Lipinski definition) is 4. The van der Waals surface area contributed by atoms with E-state index in [0.717, 1.165) is 26.2 Å². The standard InChI is InChI=1S/C8H17N5O/c9-8(10)12-2-1-7(14)13-5-3-11-4-6-13/h11H,1-6H2,(H4,9,10,12). The molecule has 1 amide bonds. The molecule has 1 saturated heterocycles. The molecule has 0 unspecified atom stereocenters. The Labute approximate surface area is 83.3 Å². The zero-order valence-electron chi connectivity index (χ0n) is 8.18. The molecule has 0 aliphatic carbocycles. The maximum atomic E-state index is 11.5. The lowest BCUT2D eigenvalue weighted by Gasteiger charge is -2.27. The van der Waals surface area contributed by atoms with Crippen molar-refractivity contribution < 1.29 is 4.79 Å². The van der Waals surface area contributed by atoms with Gasteiger partial charge in [-0.1, -0.05) is 0 Å². The van der Waals surface area contributed by atoms with E-state index in [-0.39, 0.29) is 11.9 Å². The Morgan fingerprint density at radius 3 is 2.71 bits per heavy atom. The molecule has 0 radical (unpaired) electrons. The Hall–Kier alpha value is -1.30. The van der Waals surface area contributed by atoms with Gasteiger partial charge in [0.1, 0.15) is 0 Å². The Morgan fingerprint density at radius 1 is 1.50 bits per heavy atom. The van der Waals surface area contributed by atoms with Crippen LogP contribution in [0.5, 0.6) is 0 Å². The molecule has 1 fully saturated rings. The monoisotopic (exact) mass is 199 g/mol. The number of nitrogens with one attached hydrogen (secondary N) is 3. The molecule has 0 spiro atoms. The van der Waals surface area contributed by atoms with Gasteiger partial charge in [-0.3, -0.25) is 10.2 Å². The predicted molar refractivity (Wildman–Crippen MR) is 54.0 cm³/mol. The normalized spacial score (nSPS) is 16.4. The van der Waals surface area contributed by atoms with Crippen LogP contribution in [0.15, 0.2) is 0 Å². The highest BCUT2D eigenvalue weighted by Gasteiger charge is 2.14. The van der Waals surface area contributed by atoms with Gasteiger partial charge in [0, 0.05) is 39.1 Å². The molecule has 5 N–H and O–H groups in total. The summed E-state index contributed by atoms with van der Waals surface area (Å²) in [5.74, 6) is 0.0401. The van der Waals surface area contributed by atoms with Crippen LogP contribution < -0.4 is 16.4 Å². The summed E-state index contributed by atoms with van der Waals surface area (Å²) in [5.41, 5.74) is 5.09. The maximum Gasteiger partial charge on any atom is 0.224 e. The van der Waals surface area contributed by atoms with Crippen molar-refractivity contribution in [3.05, 3.63) is 0 Å². The SMILES string of the molecule is N=C(N)NCCC(=O)N1CCNCC1. The maximum absolute atomic E-state index is 11.5. The van der Waals surface area contributed by atoms with E-state index in [2.05, 4.69) is 10.6 Å². The summed E-state index contributed by atoms with van der Waals surface area (Å²) in [4.78, 5) is 13.4. The van der Waals surface area contributed by atoms with Gasteiger partial charge in [-0.15, -0.1) is 0 Å². The van der Waals surface area contributed by atoms with Gasteiger partial charge in [-0.2, -0.15) is 0 Å². The molecule has 1 heterocycles. The number of nitrogens with zero attached hydrogens (tertiary/aromatic N) is 1. The highest BCUT2D eigenvalue weighted by Crippen LogP contribution is 1.95. The molecule has 0 aromatic carbocycles. The average Bonchev–Trinajstić information content (AvgIpc) is 2.18. The van der Waals surface area contributed by atoms with E-state index in [9.17, 15) is 4.79 Å². The van der Waals surface area contributed by atoms with Gasteiger partial charge < -0.3 is 21.3 Å². The van der Waals surface area contributed by atoms with E-state index in [1.54, 1.807) is 0 Å². The van der Waals surface area contributed by atoms with E-state index >= 15 is 0 Å². The lowest BCUT2D eigenvalue weighted by atomic mass is 10.3. The number of carbonyl (C=O) groups excluding carboxylic acids is 1. The highest BCUT2D eigenvalue weighted by molar-refractivity contribution is 5.78. The fraction of sp³-hybridized carbons (Fsp3) is 0.750. The van der Waals surface area contributed by atoms with Gasteiger partial charge in [-0.05, 0) is 0 Å². The first-order valence-electron chi connectivity index (χ1n) is 4.76. The molecule has 6 heteroatoms. The van der Waals surface area contributed by atoms with Crippen molar-refractivity contribution >= 4 is 11.9 Å². The first-order chi connectivity index (χ1) is 6.70. The number of nitrogens with two attached hydrogens (primary N) is 1. The van der Waals surface area contributed by atoms with Crippen LogP contribution in [0, 0.1) is 5.41 Å². The largest absolute Gasteiger partial charge is 0.370 e. The third-order valence-corrected chi connectivity index (χ3v) is 2.12. The van der Waals surface area contributed by atoms with Crippen LogP contribution in [0.3, 0.4) is 0 Å². The number of hydrogen-bond acceptors (Lipinski definition) is 3. The van der Waals surface area contributed by atoms with Gasteiger partial charge in [-0.25, -0.2) is 0 Å². The Morgan fingerprint density at radius 2 is 2.14 bits per heavy atom. The van der Waals surface area contributed by atoms with Gasteiger partial charge in [0.05, 0.1) is 0 Å². The van der Waals surface area contributed by atoms with Crippen LogP contribution >= 0.6 is 0 Å². The van der Waals surface area contributed by atoms with Crippen molar-refractivity contribution in [1.82, 2.24) is 15.5 Å². The zero-order chi connectivity index (χ0) is 10.4. The molecular weight excluding hydrogens is 182 g/mol. The van der Waals surface area contributed by atoms with Crippen molar-refractivity contribution in [2.24, 2.45) is 5.73 Å². The third kappa shape index (κ3) is 3.61. The molecule has 1 rings (SSSR count). The fourth-order valence-electron chi connectivity index (χ4n) is 1.38. The number of guanidine groups is 1. The molecule has 1 aliphatic heterocycles. The molecule has 1 aliphatic rings. The van der Waals surface area contributed by atoms with E-state index in [1.165, 1.54) is 0 Å². The molecule has 0 bridgehead atoms. The molecule has 80 valence electrons. The zero-order valence-corrected chi connectivity index (χ0v) is 8.18. The summed E-state index contributed by atoms with van der Waals surface area (Å²) >= 11 is 0. The molecule has 6 nitrogen and oxygen atoms in total. The Balaban J connectivity index is 2.16. The van der Waals surface area contributed by atoms with E-state index < -0.39 is 0 Å². The average molecular weight is 199 g/mol. The van der Waals surface area contributed by atoms with Crippen LogP contribution in [0.4, 0.5) is 0 Å². The second kappa shape index (κ2) is 5.43.